The molecule has 2 heterocycles. The molecule has 1 aromatic rings. The second-order valence-corrected chi connectivity index (χ2v) is 6.86. The first-order chi connectivity index (χ1) is 10.2. The Labute approximate surface area is 128 Å². The van der Waals surface area contributed by atoms with Gasteiger partial charge in [0.15, 0.2) is 0 Å². The fourth-order valence-corrected chi connectivity index (χ4v) is 3.92. The van der Waals surface area contributed by atoms with E-state index in [1.807, 2.05) is 5.38 Å². The van der Waals surface area contributed by atoms with Crippen LogP contribution in [0, 0.1) is 5.92 Å². The molecule has 1 aliphatic heterocycles. The summed E-state index contributed by atoms with van der Waals surface area (Å²) in [5, 5.41) is 5.87. The molecule has 0 radical (unpaired) electrons. The first kappa shape index (κ1) is 14.5. The van der Waals surface area contributed by atoms with Crippen LogP contribution in [-0.4, -0.2) is 40.8 Å². The Morgan fingerprint density at radius 1 is 1.29 bits per heavy atom. The van der Waals surface area contributed by atoms with E-state index in [4.69, 9.17) is 0 Å². The van der Waals surface area contributed by atoms with E-state index < -0.39 is 0 Å². The lowest BCUT2D eigenvalue weighted by Gasteiger charge is -2.37. The molecular weight excluding hydrogens is 286 g/mol. The summed E-state index contributed by atoms with van der Waals surface area (Å²) in [6.07, 6.45) is 8.20. The quantitative estimate of drug-likeness (QED) is 0.919. The van der Waals surface area contributed by atoms with Crippen molar-refractivity contribution in [1.82, 2.24) is 15.2 Å². The Balaban J connectivity index is 1.63. The lowest BCUT2D eigenvalue weighted by Crippen LogP contribution is -2.60. The monoisotopic (exact) mass is 307 g/mol. The van der Waals surface area contributed by atoms with Gasteiger partial charge in [-0.1, -0.05) is 19.3 Å². The number of hydrogen-bond donors (Lipinski definition) is 1. The van der Waals surface area contributed by atoms with Crippen molar-refractivity contribution in [3.63, 3.8) is 0 Å². The molecule has 2 fully saturated rings. The first-order valence-corrected chi connectivity index (χ1v) is 8.58. The van der Waals surface area contributed by atoms with Crippen LogP contribution in [0.4, 0.5) is 0 Å². The van der Waals surface area contributed by atoms with Crippen LogP contribution in [0.1, 0.15) is 37.1 Å². The van der Waals surface area contributed by atoms with Gasteiger partial charge >= 0.3 is 0 Å². The van der Waals surface area contributed by atoms with Crippen molar-refractivity contribution in [3.05, 3.63) is 16.6 Å². The summed E-state index contributed by atoms with van der Waals surface area (Å²) < 4.78 is 0. The van der Waals surface area contributed by atoms with Crippen molar-refractivity contribution in [2.75, 3.05) is 13.1 Å². The van der Waals surface area contributed by atoms with Crippen LogP contribution < -0.4 is 5.32 Å². The van der Waals surface area contributed by atoms with Crippen LogP contribution in [0.15, 0.2) is 11.6 Å². The maximum Gasteiger partial charge on any atom is 0.245 e. The molecule has 0 aromatic carbocycles. The summed E-state index contributed by atoms with van der Waals surface area (Å²) in [6.45, 7) is 0.774. The van der Waals surface area contributed by atoms with Gasteiger partial charge in [0, 0.05) is 24.5 Å². The summed E-state index contributed by atoms with van der Waals surface area (Å²) in [5.41, 5.74) is 0. The van der Waals surface area contributed by atoms with E-state index >= 15 is 0 Å². The van der Waals surface area contributed by atoms with Crippen LogP contribution in [-0.2, 0) is 16.0 Å². The molecule has 1 aliphatic carbocycles. The molecule has 0 spiro atoms. The number of carbonyl (C=O) groups excluding carboxylic acids is 2. The number of piperazine rings is 1. The van der Waals surface area contributed by atoms with Crippen molar-refractivity contribution in [2.24, 2.45) is 5.92 Å². The molecule has 0 bridgehead atoms. The van der Waals surface area contributed by atoms with E-state index in [1.165, 1.54) is 19.3 Å². The van der Waals surface area contributed by atoms with Gasteiger partial charge in [0.1, 0.15) is 6.04 Å². The number of nitrogens with one attached hydrogen (secondary N) is 1. The number of rotatable bonds is 4. The highest BCUT2D eigenvalue weighted by Gasteiger charge is 2.37. The molecule has 6 heteroatoms. The van der Waals surface area contributed by atoms with E-state index in [9.17, 15) is 9.59 Å². The van der Waals surface area contributed by atoms with Gasteiger partial charge < -0.3 is 10.2 Å². The standard InChI is InChI=1S/C15H21N3O2S/c19-12-10-18(8-6-13-16-7-9-21-13)15(20)14(17-12)11-4-2-1-3-5-11/h7,9,11,14H,1-6,8,10H2,(H,17,19). The predicted octanol–water partition coefficient (Wildman–Crippen LogP) is 1.59. The summed E-state index contributed by atoms with van der Waals surface area (Å²) >= 11 is 1.59. The van der Waals surface area contributed by atoms with Crippen molar-refractivity contribution in [3.8, 4) is 0 Å². The molecule has 1 saturated heterocycles. The fraction of sp³-hybridized carbons (Fsp3) is 0.667. The van der Waals surface area contributed by atoms with Crippen LogP contribution in [0.3, 0.4) is 0 Å². The first-order valence-electron chi connectivity index (χ1n) is 7.70. The van der Waals surface area contributed by atoms with Crippen molar-refractivity contribution in [1.29, 1.82) is 0 Å². The molecule has 1 N–H and O–H groups in total. The molecule has 1 atom stereocenters. The highest BCUT2D eigenvalue weighted by atomic mass is 32.1. The van der Waals surface area contributed by atoms with Gasteiger partial charge in [0.25, 0.3) is 0 Å². The minimum Gasteiger partial charge on any atom is -0.342 e. The largest absolute Gasteiger partial charge is 0.342 e. The summed E-state index contributed by atoms with van der Waals surface area (Å²) in [4.78, 5) is 30.5. The lowest BCUT2D eigenvalue weighted by atomic mass is 9.82. The molecule has 21 heavy (non-hydrogen) atoms. The van der Waals surface area contributed by atoms with Gasteiger partial charge in [-0.05, 0) is 18.8 Å². The zero-order valence-electron chi connectivity index (χ0n) is 12.1. The maximum atomic E-state index is 12.6. The van der Waals surface area contributed by atoms with E-state index in [1.54, 1.807) is 22.4 Å². The lowest BCUT2D eigenvalue weighted by molar-refractivity contribution is -0.146. The highest BCUT2D eigenvalue weighted by Crippen LogP contribution is 2.28. The van der Waals surface area contributed by atoms with Crippen LogP contribution in [0.25, 0.3) is 0 Å². The van der Waals surface area contributed by atoms with E-state index in [0.717, 1.165) is 24.3 Å². The highest BCUT2D eigenvalue weighted by molar-refractivity contribution is 7.09. The van der Waals surface area contributed by atoms with Gasteiger partial charge in [-0.2, -0.15) is 0 Å². The zero-order chi connectivity index (χ0) is 14.7. The van der Waals surface area contributed by atoms with Gasteiger partial charge in [-0.15, -0.1) is 11.3 Å². The second kappa shape index (κ2) is 6.56. The smallest absolute Gasteiger partial charge is 0.245 e. The van der Waals surface area contributed by atoms with Crippen LogP contribution >= 0.6 is 11.3 Å². The van der Waals surface area contributed by atoms with Crippen molar-refractivity contribution < 1.29 is 9.59 Å². The Kier molecular flexibility index (Phi) is 4.53. The number of amides is 2. The number of aromatic nitrogens is 1. The Bertz CT molecular complexity index is 497. The SMILES string of the molecule is O=C1CN(CCc2nccs2)C(=O)C(C2CCCCC2)N1. The molecule has 3 rings (SSSR count). The molecule has 1 aromatic heterocycles. The predicted molar refractivity (Wildman–Crippen MR) is 80.9 cm³/mol. The molecule has 1 saturated carbocycles. The molecule has 2 amide bonds. The number of hydrogen-bond acceptors (Lipinski definition) is 4. The maximum absolute atomic E-state index is 12.6. The Morgan fingerprint density at radius 3 is 2.81 bits per heavy atom. The Morgan fingerprint density at radius 2 is 2.10 bits per heavy atom. The third kappa shape index (κ3) is 3.43. The van der Waals surface area contributed by atoms with Crippen molar-refractivity contribution in [2.45, 2.75) is 44.6 Å². The van der Waals surface area contributed by atoms with Gasteiger partial charge in [-0.3, -0.25) is 9.59 Å². The molecule has 1 unspecified atom stereocenters. The van der Waals surface area contributed by atoms with E-state index in [2.05, 4.69) is 10.3 Å². The molecule has 2 aliphatic rings. The minimum absolute atomic E-state index is 0.0238. The third-order valence-electron chi connectivity index (χ3n) is 4.43. The van der Waals surface area contributed by atoms with E-state index in [0.29, 0.717) is 12.5 Å². The Hall–Kier alpha value is -1.43. The number of carbonyl (C=O) groups is 2. The molecule has 114 valence electrons. The van der Waals surface area contributed by atoms with Crippen LogP contribution in [0.5, 0.6) is 0 Å². The second-order valence-electron chi connectivity index (χ2n) is 5.88. The number of thiazole rings is 1. The van der Waals surface area contributed by atoms with Crippen molar-refractivity contribution >= 4 is 23.2 Å². The zero-order valence-corrected chi connectivity index (χ0v) is 12.9. The summed E-state index contributed by atoms with van der Waals surface area (Å²) in [6, 6.07) is -0.303. The summed E-state index contributed by atoms with van der Waals surface area (Å²) in [7, 11) is 0. The topological polar surface area (TPSA) is 62.3 Å². The van der Waals surface area contributed by atoms with E-state index in [-0.39, 0.29) is 24.4 Å². The van der Waals surface area contributed by atoms with Gasteiger partial charge in [0.05, 0.1) is 11.6 Å². The average Bonchev–Trinajstić information content (AvgIpc) is 3.02. The fourth-order valence-electron chi connectivity index (χ4n) is 3.31. The summed E-state index contributed by atoms with van der Waals surface area (Å²) in [5.74, 6) is 0.389. The van der Waals surface area contributed by atoms with Crippen LogP contribution in [0.2, 0.25) is 0 Å². The average molecular weight is 307 g/mol. The minimum atomic E-state index is -0.303. The number of nitrogens with zero attached hydrogens (tertiary/aromatic N) is 2. The molecule has 5 nitrogen and oxygen atoms in total. The normalized spacial score (nSPS) is 24.2. The third-order valence-corrected chi connectivity index (χ3v) is 5.27. The van der Waals surface area contributed by atoms with Gasteiger partial charge in [0.2, 0.25) is 11.8 Å². The molecular formula is C15H21N3O2S. The van der Waals surface area contributed by atoms with Gasteiger partial charge in [-0.25, -0.2) is 4.98 Å².